The number of carbonyl (C=O) groups is 2. The van der Waals surface area contributed by atoms with Crippen LogP contribution in [0.4, 0.5) is 8.78 Å². The molecule has 1 aromatic carbocycles. The molecule has 0 spiro atoms. The van der Waals surface area contributed by atoms with E-state index in [-0.39, 0.29) is 54.2 Å². The molecule has 0 fully saturated rings. The molecular weight excluding hydrogens is 442 g/mol. The number of carbonyl (C=O) groups excluding carboxylic acids is 1. The van der Waals surface area contributed by atoms with Gasteiger partial charge in [-0.2, -0.15) is 8.78 Å². The van der Waals surface area contributed by atoms with E-state index in [1.54, 1.807) is 13.0 Å². The van der Waals surface area contributed by atoms with Crippen molar-refractivity contribution in [2.45, 2.75) is 26.6 Å². The summed E-state index contributed by atoms with van der Waals surface area (Å²) in [6.45, 7) is -1.33. The highest BCUT2D eigenvalue weighted by Gasteiger charge is 2.21. The van der Waals surface area contributed by atoms with Crippen LogP contribution in [-0.2, 0) is 13.1 Å². The number of carboxylic acids is 1. The van der Waals surface area contributed by atoms with Gasteiger partial charge in [-0.1, -0.05) is 6.07 Å². The van der Waals surface area contributed by atoms with Crippen molar-refractivity contribution in [3.63, 3.8) is 0 Å². The quantitative estimate of drug-likeness (QED) is 0.413. The normalized spacial score (nSPS) is 10.8. The molecule has 0 aliphatic heterocycles. The second-order valence-corrected chi connectivity index (χ2v) is 6.47. The Balaban J connectivity index is 1.82. The van der Waals surface area contributed by atoms with Crippen molar-refractivity contribution in [3.05, 3.63) is 59.2 Å². The Kier molecular flexibility index (Phi) is 7.51. The highest BCUT2D eigenvalue weighted by Crippen LogP contribution is 2.34. The van der Waals surface area contributed by atoms with Crippen molar-refractivity contribution >= 4 is 11.9 Å². The first-order valence-corrected chi connectivity index (χ1v) is 9.71. The summed E-state index contributed by atoms with van der Waals surface area (Å²) in [4.78, 5) is 31.8. The van der Waals surface area contributed by atoms with Crippen LogP contribution >= 0.6 is 0 Å². The van der Waals surface area contributed by atoms with Crippen LogP contribution in [0, 0.1) is 0 Å². The van der Waals surface area contributed by atoms with Crippen LogP contribution < -0.4 is 20.5 Å². The summed E-state index contributed by atoms with van der Waals surface area (Å²) < 4.78 is 40.6. The number of aromatic carboxylic acids is 1. The minimum Gasteiger partial charge on any atom is -0.490 e. The number of aromatic nitrogens is 2. The van der Waals surface area contributed by atoms with E-state index in [9.17, 15) is 18.4 Å². The van der Waals surface area contributed by atoms with Gasteiger partial charge in [0.1, 0.15) is 5.69 Å². The van der Waals surface area contributed by atoms with Gasteiger partial charge in [0, 0.05) is 5.56 Å². The summed E-state index contributed by atoms with van der Waals surface area (Å²) in [5.74, 6) is -1.79. The van der Waals surface area contributed by atoms with Gasteiger partial charge in [-0.3, -0.25) is 4.79 Å². The largest absolute Gasteiger partial charge is 0.490 e. The zero-order valence-electron chi connectivity index (χ0n) is 17.4. The third-order valence-electron chi connectivity index (χ3n) is 4.26. The molecular formula is C21H20F2N4O6. The number of rotatable bonds is 10. The number of alkyl halides is 2. The van der Waals surface area contributed by atoms with Crippen LogP contribution in [0.25, 0.3) is 11.5 Å². The number of hydrogen-bond acceptors (Lipinski definition) is 8. The number of carboxylic acid groups (broad SMARTS) is 1. The van der Waals surface area contributed by atoms with E-state index in [1.807, 2.05) is 0 Å². The summed E-state index contributed by atoms with van der Waals surface area (Å²) in [7, 11) is 0. The lowest BCUT2D eigenvalue weighted by molar-refractivity contribution is -0.0514. The lowest BCUT2D eigenvalue weighted by atomic mass is 10.2. The third-order valence-corrected chi connectivity index (χ3v) is 4.26. The smallest absolute Gasteiger partial charge is 0.387 e. The molecule has 0 atom stereocenters. The Morgan fingerprint density at radius 1 is 1.21 bits per heavy atom. The maximum Gasteiger partial charge on any atom is 0.387 e. The topological polar surface area (TPSA) is 150 Å². The minimum absolute atomic E-state index is 0.0242. The van der Waals surface area contributed by atoms with Gasteiger partial charge in [0.2, 0.25) is 5.89 Å². The highest BCUT2D eigenvalue weighted by molar-refractivity contribution is 5.93. The van der Waals surface area contributed by atoms with Crippen molar-refractivity contribution < 1.29 is 37.4 Å². The van der Waals surface area contributed by atoms with Crippen LogP contribution in [0.3, 0.4) is 0 Å². The van der Waals surface area contributed by atoms with Gasteiger partial charge in [0.25, 0.3) is 5.91 Å². The Morgan fingerprint density at radius 3 is 2.67 bits per heavy atom. The predicted octanol–water partition coefficient (Wildman–Crippen LogP) is 2.82. The molecule has 4 N–H and O–H groups in total. The molecule has 174 valence electrons. The van der Waals surface area contributed by atoms with Gasteiger partial charge in [-0.15, -0.1) is 0 Å². The van der Waals surface area contributed by atoms with Gasteiger partial charge in [0.15, 0.2) is 23.0 Å². The number of nitrogens with zero attached hydrogens (tertiary/aromatic N) is 2. The number of oxazole rings is 1. The molecule has 1 amide bonds. The number of nitrogens with one attached hydrogen (secondary N) is 1. The van der Waals surface area contributed by atoms with Crippen molar-refractivity contribution in [3.8, 4) is 23.0 Å². The lowest BCUT2D eigenvalue weighted by Crippen LogP contribution is -2.25. The van der Waals surface area contributed by atoms with Gasteiger partial charge in [-0.25, -0.2) is 14.8 Å². The molecule has 2 aromatic heterocycles. The number of hydrogen-bond donors (Lipinski definition) is 3. The Bertz CT molecular complexity index is 1150. The van der Waals surface area contributed by atoms with E-state index in [0.29, 0.717) is 11.3 Å². The van der Waals surface area contributed by atoms with Crippen LogP contribution in [0.2, 0.25) is 0 Å². The Morgan fingerprint density at radius 2 is 2.00 bits per heavy atom. The fourth-order valence-electron chi connectivity index (χ4n) is 2.85. The van der Waals surface area contributed by atoms with Gasteiger partial charge in [0.05, 0.1) is 25.4 Å². The summed E-state index contributed by atoms with van der Waals surface area (Å²) in [6, 6.07) is 8.50. The lowest BCUT2D eigenvalue weighted by Gasteiger charge is -2.11. The predicted molar refractivity (Wildman–Crippen MR) is 110 cm³/mol. The molecule has 10 nitrogen and oxygen atoms in total. The highest BCUT2D eigenvalue weighted by atomic mass is 19.3. The summed E-state index contributed by atoms with van der Waals surface area (Å²) in [5.41, 5.74) is 6.13. The molecule has 0 aliphatic carbocycles. The number of ether oxygens (including phenoxy) is 2. The second-order valence-electron chi connectivity index (χ2n) is 6.47. The van der Waals surface area contributed by atoms with Crippen LogP contribution in [0.15, 0.2) is 40.8 Å². The molecule has 3 aromatic rings. The van der Waals surface area contributed by atoms with Gasteiger partial charge >= 0.3 is 12.6 Å². The molecule has 33 heavy (non-hydrogen) atoms. The summed E-state index contributed by atoms with van der Waals surface area (Å²) in [5, 5.41) is 11.6. The summed E-state index contributed by atoms with van der Waals surface area (Å²) in [6.07, 6.45) is 0. The fourth-order valence-corrected chi connectivity index (χ4v) is 2.85. The molecule has 12 heteroatoms. The number of benzene rings is 1. The molecule has 0 saturated heterocycles. The first kappa shape index (κ1) is 23.6. The molecule has 0 radical (unpaired) electrons. The van der Waals surface area contributed by atoms with E-state index in [1.165, 1.54) is 30.3 Å². The van der Waals surface area contributed by atoms with Crippen molar-refractivity contribution in [2.75, 3.05) is 6.61 Å². The van der Waals surface area contributed by atoms with Crippen LogP contribution in [-0.4, -0.2) is 40.2 Å². The number of halogens is 2. The van der Waals surface area contributed by atoms with Gasteiger partial charge in [-0.05, 0) is 37.3 Å². The van der Waals surface area contributed by atoms with E-state index in [2.05, 4.69) is 20.0 Å². The first-order valence-electron chi connectivity index (χ1n) is 9.71. The Hall–Kier alpha value is -4.06. The molecule has 0 unspecified atom stereocenters. The van der Waals surface area contributed by atoms with E-state index >= 15 is 0 Å². The maximum atomic E-state index is 12.6. The standard InChI is InChI=1S/C21H20F2N4O6/c1-2-31-15-8-11(6-7-14(15)33-21(22)23)19-27-17(16(9-24)32-19)18(28)25-10-12-4-3-5-13(26-12)20(29)30/h3-8,21H,2,9-10,24H2,1H3,(H,25,28)(H,29,30). The molecule has 3 rings (SSSR count). The van der Waals surface area contributed by atoms with E-state index in [0.717, 1.165) is 0 Å². The molecule has 0 aliphatic rings. The van der Waals surface area contributed by atoms with Crippen LogP contribution in [0.1, 0.15) is 39.4 Å². The molecule has 0 bridgehead atoms. The average molecular weight is 462 g/mol. The fraction of sp³-hybridized carbons (Fsp3) is 0.238. The van der Waals surface area contributed by atoms with E-state index in [4.69, 9.17) is 20.0 Å². The van der Waals surface area contributed by atoms with Crippen LogP contribution in [0.5, 0.6) is 11.5 Å². The number of amides is 1. The van der Waals surface area contributed by atoms with Crippen molar-refractivity contribution in [1.29, 1.82) is 0 Å². The number of pyridine rings is 1. The average Bonchev–Trinajstić information content (AvgIpc) is 3.23. The van der Waals surface area contributed by atoms with Crippen molar-refractivity contribution in [1.82, 2.24) is 15.3 Å². The van der Waals surface area contributed by atoms with Gasteiger partial charge < -0.3 is 30.0 Å². The zero-order chi connectivity index (χ0) is 24.0. The minimum atomic E-state index is -3.03. The first-order chi connectivity index (χ1) is 15.8. The van der Waals surface area contributed by atoms with E-state index < -0.39 is 18.5 Å². The zero-order valence-corrected chi connectivity index (χ0v) is 17.4. The molecule has 2 heterocycles. The monoisotopic (exact) mass is 462 g/mol. The Labute approximate surface area is 186 Å². The summed E-state index contributed by atoms with van der Waals surface area (Å²) >= 11 is 0. The maximum absolute atomic E-state index is 12.6. The number of nitrogens with two attached hydrogens (primary N) is 1. The SMILES string of the molecule is CCOc1cc(-c2nc(C(=O)NCc3cccc(C(=O)O)n3)c(CN)o2)ccc1OC(F)F. The second kappa shape index (κ2) is 10.5. The molecule has 0 saturated carbocycles. The third kappa shape index (κ3) is 5.80. The van der Waals surface area contributed by atoms with Crippen molar-refractivity contribution in [2.24, 2.45) is 5.73 Å².